The van der Waals surface area contributed by atoms with Gasteiger partial charge in [0.2, 0.25) is 0 Å². The summed E-state index contributed by atoms with van der Waals surface area (Å²) in [5.74, 6) is 0.715. The zero-order valence-electron chi connectivity index (χ0n) is 14.5. The van der Waals surface area contributed by atoms with Crippen LogP contribution in [-0.2, 0) is 13.1 Å². The van der Waals surface area contributed by atoms with E-state index in [1.54, 1.807) is 18.2 Å². The van der Waals surface area contributed by atoms with Gasteiger partial charge in [-0.1, -0.05) is 32.4 Å². The summed E-state index contributed by atoms with van der Waals surface area (Å²) in [5, 5.41) is 9.79. The summed E-state index contributed by atoms with van der Waals surface area (Å²) in [5.41, 5.74) is 0.636. The van der Waals surface area contributed by atoms with Crippen LogP contribution in [-0.4, -0.2) is 24.2 Å². The largest absolute Gasteiger partial charge is 0.508 e. The fourth-order valence-electron chi connectivity index (χ4n) is 3.00. The van der Waals surface area contributed by atoms with Crippen LogP contribution in [0, 0.1) is 0 Å². The molecule has 0 spiro atoms. The molecule has 132 valence electrons. The molecule has 7 nitrogen and oxygen atoms in total. The molecule has 0 amide bonds. The Morgan fingerprint density at radius 1 is 1.12 bits per heavy atom. The quantitative estimate of drug-likeness (QED) is 0.720. The molecule has 2 heterocycles. The number of aromatic amines is 1. The van der Waals surface area contributed by atoms with E-state index in [1.807, 2.05) is 17.6 Å². The van der Waals surface area contributed by atoms with Gasteiger partial charge in [0.1, 0.15) is 11.6 Å². The number of nitrogens with one attached hydrogen (secondary N) is 1. The summed E-state index contributed by atoms with van der Waals surface area (Å²) in [6, 6.07) is 6.76. The Hall–Kier alpha value is -2.83. The van der Waals surface area contributed by atoms with Crippen molar-refractivity contribution in [2.45, 2.75) is 46.2 Å². The number of phenols is 1. The summed E-state index contributed by atoms with van der Waals surface area (Å²) in [6.45, 7) is 5.14. The smallest absolute Gasteiger partial charge is 0.330 e. The van der Waals surface area contributed by atoms with E-state index in [1.165, 1.54) is 4.57 Å². The maximum atomic E-state index is 12.5. The Balaban J connectivity index is 2.36. The molecule has 1 aromatic carbocycles. The maximum absolute atomic E-state index is 12.5. The van der Waals surface area contributed by atoms with E-state index in [0.717, 1.165) is 19.3 Å². The number of benzene rings is 1. The van der Waals surface area contributed by atoms with Gasteiger partial charge in [0.15, 0.2) is 11.2 Å². The van der Waals surface area contributed by atoms with Crippen LogP contribution in [0.25, 0.3) is 22.6 Å². The van der Waals surface area contributed by atoms with Gasteiger partial charge in [-0.2, -0.15) is 0 Å². The molecule has 2 N–H and O–H groups in total. The second-order valence-corrected chi connectivity index (χ2v) is 6.07. The molecular weight excluding hydrogens is 320 g/mol. The van der Waals surface area contributed by atoms with E-state index in [9.17, 15) is 14.7 Å². The Labute approximate surface area is 144 Å². The first-order chi connectivity index (χ1) is 12.1. The van der Waals surface area contributed by atoms with E-state index in [4.69, 9.17) is 0 Å². The van der Waals surface area contributed by atoms with E-state index < -0.39 is 11.2 Å². The zero-order valence-corrected chi connectivity index (χ0v) is 14.5. The Bertz CT molecular complexity index is 1010. The van der Waals surface area contributed by atoms with Gasteiger partial charge in [0.25, 0.3) is 5.56 Å². The number of aromatic hydroxyl groups is 1. The number of aryl methyl sites for hydroxylation is 2. The molecule has 0 atom stereocenters. The number of hydrogen-bond donors (Lipinski definition) is 2. The molecule has 0 saturated carbocycles. The topological polar surface area (TPSA) is 92.9 Å². The number of imidazole rings is 1. The standard InChI is InChI=1S/C18H22N4O3/c1-3-5-10-21-14-16(22(9-4-2)18(25)20-17(14)24)19-15(21)12-7-6-8-13(23)11-12/h6-8,11,23H,3-5,9-10H2,1-2H3,(H,20,24,25). The second kappa shape index (κ2) is 6.96. The van der Waals surface area contributed by atoms with Crippen molar-refractivity contribution in [3.05, 3.63) is 45.1 Å². The van der Waals surface area contributed by atoms with Crippen LogP contribution in [0.1, 0.15) is 33.1 Å². The number of aromatic nitrogens is 4. The number of phenolic OH excluding ortho intramolecular Hbond substituents is 1. The van der Waals surface area contributed by atoms with Gasteiger partial charge < -0.3 is 9.67 Å². The molecule has 2 aromatic heterocycles. The lowest BCUT2D eigenvalue weighted by Gasteiger charge is -2.08. The molecule has 0 aliphatic carbocycles. The number of hydrogen-bond acceptors (Lipinski definition) is 4. The van der Waals surface area contributed by atoms with Gasteiger partial charge in [0, 0.05) is 18.7 Å². The lowest BCUT2D eigenvalue weighted by atomic mass is 10.2. The highest BCUT2D eigenvalue weighted by Crippen LogP contribution is 2.26. The van der Waals surface area contributed by atoms with Crippen molar-refractivity contribution in [3.63, 3.8) is 0 Å². The van der Waals surface area contributed by atoms with Gasteiger partial charge in [-0.05, 0) is 25.0 Å². The molecule has 0 aliphatic heterocycles. The highest BCUT2D eigenvalue weighted by Gasteiger charge is 2.19. The van der Waals surface area contributed by atoms with E-state index in [0.29, 0.717) is 35.6 Å². The van der Waals surface area contributed by atoms with Gasteiger partial charge in [-0.3, -0.25) is 14.3 Å². The molecule has 3 rings (SSSR count). The van der Waals surface area contributed by atoms with Crippen molar-refractivity contribution in [1.82, 2.24) is 19.1 Å². The number of rotatable bonds is 6. The first-order valence-corrected chi connectivity index (χ1v) is 8.59. The van der Waals surface area contributed by atoms with Gasteiger partial charge in [-0.15, -0.1) is 0 Å². The van der Waals surface area contributed by atoms with Crippen LogP contribution in [0.3, 0.4) is 0 Å². The van der Waals surface area contributed by atoms with Crippen molar-refractivity contribution in [2.24, 2.45) is 0 Å². The third-order valence-corrected chi connectivity index (χ3v) is 4.17. The molecule has 0 fully saturated rings. The summed E-state index contributed by atoms with van der Waals surface area (Å²) in [7, 11) is 0. The SMILES string of the molecule is CCCCn1c(-c2cccc(O)c2)nc2c1c(=O)[nH]c(=O)n2CCC. The predicted molar refractivity (Wildman–Crippen MR) is 96.9 cm³/mol. The van der Waals surface area contributed by atoms with E-state index in [-0.39, 0.29) is 5.75 Å². The van der Waals surface area contributed by atoms with Crippen LogP contribution < -0.4 is 11.2 Å². The predicted octanol–water partition coefficient (Wildman–Crippen LogP) is 2.47. The average Bonchev–Trinajstić information content (AvgIpc) is 2.96. The molecule has 25 heavy (non-hydrogen) atoms. The molecule has 3 aromatic rings. The third kappa shape index (κ3) is 3.09. The van der Waals surface area contributed by atoms with Crippen molar-refractivity contribution < 1.29 is 5.11 Å². The second-order valence-electron chi connectivity index (χ2n) is 6.07. The van der Waals surface area contributed by atoms with Crippen molar-refractivity contribution in [2.75, 3.05) is 0 Å². The van der Waals surface area contributed by atoms with E-state index in [2.05, 4.69) is 16.9 Å². The van der Waals surface area contributed by atoms with Gasteiger partial charge in [0.05, 0.1) is 0 Å². The maximum Gasteiger partial charge on any atom is 0.330 e. The minimum atomic E-state index is -0.443. The molecule has 0 radical (unpaired) electrons. The lowest BCUT2D eigenvalue weighted by Crippen LogP contribution is -2.31. The normalized spacial score (nSPS) is 11.3. The fourth-order valence-corrected chi connectivity index (χ4v) is 3.00. The fraction of sp³-hybridized carbons (Fsp3) is 0.389. The van der Waals surface area contributed by atoms with Crippen LogP contribution in [0.2, 0.25) is 0 Å². The van der Waals surface area contributed by atoms with Crippen LogP contribution >= 0.6 is 0 Å². The number of nitrogens with zero attached hydrogens (tertiary/aromatic N) is 3. The van der Waals surface area contributed by atoms with Crippen LogP contribution in [0.15, 0.2) is 33.9 Å². The first kappa shape index (κ1) is 17.0. The first-order valence-electron chi connectivity index (χ1n) is 8.59. The minimum absolute atomic E-state index is 0.131. The van der Waals surface area contributed by atoms with Gasteiger partial charge in [-0.25, -0.2) is 9.78 Å². The Morgan fingerprint density at radius 3 is 2.60 bits per heavy atom. The third-order valence-electron chi connectivity index (χ3n) is 4.17. The molecule has 0 bridgehead atoms. The molecule has 7 heteroatoms. The number of fused-ring (bicyclic) bond motifs is 1. The molecule has 0 unspecified atom stereocenters. The summed E-state index contributed by atoms with van der Waals surface area (Å²) < 4.78 is 3.35. The highest BCUT2D eigenvalue weighted by molar-refractivity contribution is 5.77. The Kier molecular flexibility index (Phi) is 4.74. The number of H-pyrrole nitrogens is 1. The highest BCUT2D eigenvalue weighted by atomic mass is 16.3. The van der Waals surface area contributed by atoms with Crippen molar-refractivity contribution >= 4 is 11.2 Å². The lowest BCUT2D eigenvalue weighted by molar-refractivity contribution is 0.475. The van der Waals surface area contributed by atoms with Crippen LogP contribution in [0.5, 0.6) is 5.75 Å². The van der Waals surface area contributed by atoms with Crippen molar-refractivity contribution in [1.29, 1.82) is 0 Å². The Morgan fingerprint density at radius 2 is 1.92 bits per heavy atom. The summed E-state index contributed by atoms with van der Waals surface area (Å²) in [4.78, 5) is 31.7. The summed E-state index contributed by atoms with van der Waals surface area (Å²) >= 11 is 0. The molecule has 0 aliphatic rings. The van der Waals surface area contributed by atoms with Crippen LogP contribution in [0.4, 0.5) is 0 Å². The summed E-state index contributed by atoms with van der Waals surface area (Å²) in [6.07, 6.45) is 2.60. The van der Waals surface area contributed by atoms with Crippen molar-refractivity contribution in [3.8, 4) is 17.1 Å². The minimum Gasteiger partial charge on any atom is -0.508 e. The zero-order chi connectivity index (χ0) is 18.0. The van der Waals surface area contributed by atoms with E-state index >= 15 is 0 Å². The number of unbranched alkanes of at least 4 members (excludes halogenated alkanes) is 1. The van der Waals surface area contributed by atoms with Gasteiger partial charge >= 0.3 is 5.69 Å². The monoisotopic (exact) mass is 342 g/mol. The molecular formula is C18H22N4O3. The molecule has 0 saturated heterocycles. The average molecular weight is 342 g/mol.